The maximum atomic E-state index is 10.1. The number of hydrogen-bond donors (Lipinski definition) is 1. The van der Waals surface area contributed by atoms with Crippen LogP contribution in [0.15, 0.2) is 24.3 Å². The minimum absolute atomic E-state index is 0.267. The largest absolute Gasteiger partial charge is 0.491 e. The SMILES string of the molecule is CN1CCC(N(C)CC(O)COc2ccc(C#N)cc2)CC1. The van der Waals surface area contributed by atoms with E-state index in [1.165, 1.54) is 0 Å². The van der Waals surface area contributed by atoms with Crippen LogP contribution in [-0.4, -0.2) is 67.4 Å². The number of rotatable bonds is 6. The molecule has 1 N–H and O–H groups in total. The lowest BCUT2D eigenvalue weighted by molar-refractivity contribution is 0.0498. The minimum atomic E-state index is -0.514. The lowest BCUT2D eigenvalue weighted by Crippen LogP contribution is -2.45. The van der Waals surface area contributed by atoms with Crippen LogP contribution < -0.4 is 4.74 Å². The summed E-state index contributed by atoms with van der Waals surface area (Å²) in [5.74, 6) is 0.681. The Kier molecular flexibility index (Phi) is 6.20. The highest BCUT2D eigenvalue weighted by atomic mass is 16.5. The number of likely N-dealkylation sites (tertiary alicyclic amines) is 1. The van der Waals surface area contributed by atoms with Crippen molar-refractivity contribution in [3.8, 4) is 11.8 Å². The van der Waals surface area contributed by atoms with Gasteiger partial charge in [0, 0.05) is 12.6 Å². The third kappa shape index (κ3) is 4.99. The molecule has 1 unspecified atom stereocenters. The molecule has 5 heteroatoms. The quantitative estimate of drug-likeness (QED) is 0.859. The van der Waals surface area contributed by atoms with Crippen molar-refractivity contribution < 1.29 is 9.84 Å². The van der Waals surface area contributed by atoms with E-state index in [0.29, 0.717) is 23.9 Å². The molecule has 1 aromatic carbocycles. The summed E-state index contributed by atoms with van der Waals surface area (Å²) in [7, 11) is 4.22. The molecule has 0 saturated carbocycles. The molecule has 120 valence electrons. The molecule has 1 aliphatic rings. The molecule has 1 fully saturated rings. The zero-order valence-electron chi connectivity index (χ0n) is 13.4. The van der Waals surface area contributed by atoms with Crippen molar-refractivity contribution in [2.75, 3.05) is 40.3 Å². The monoisotopic (exact) mass is 303 g/mol. The number of ether oxygens (including phenoxy) is 1. The second-order valence-electron chi connectivity index (χ2n) is 6.08. The van der Waals surface area contributed by atoms with Gasteiger partial charge < -0.3 is 19.6 Å². The Morgan fingerprint density at radius 2 is 2.00 bits per heavy atom. The smallest absolute Gasteiger partial charge is 0.119 e. The lowest BCUT2D eigenvalue weighted by Gasteiger charge is -2.35. The summed E-state index contributed by atoms with van der Waals surface area (Å²) in [6, 6.07) is 9.55. The Balaban J connectivity index is 1.72. The number of nitriles is 1. The molecule has 1 aromatic rings. The minimum Gasteiger partial charge on any atom is -0.491 e. The summed E-state index contributed by atoms with van der Waals surface area (Å²) in [6.07, 6.45) is 1.78. The molecule has 22 heavy (non-hydrogen) atoms. The second kappa shape index (κ2) is 8.14. The van der Waals surface area contributed by atoms with Crippen molar-refractivity contribution in [2.45, 2.75) is 25.0 Å². The van der Waals surface area contributed by atoms with E-state index in [2.05, 4.69) is 30.0 Å². The van der Waals surface area contributed by atoms with Crippen LogP contribution in [0.3, 0.4) is 0 Å². The zero-order chi connectivity index (χ0) is 15.9. The van der Waals surface area contributed by atoms with Gasteiger partial charge in [0.25, 0.3) is 0 Å². The van der Waals surface area contributed by atoms with Gasteiger partial charge in [-0.15, -0.1) is 0 Å². The van der Waals surface area contributed by atoms with Crippen molar-refractivity contribution >= 4 is 0 Å². The van der Waals surface area contributed by atoms with E-state index in [9.17, 15) is 5.11 Å². The fraction of sp³-hybridized carbons (Fsp3) is 0.588. The van der Waals surface area contributed by atoms with Gasteiger partial charge in [0.15, 0.2) is 0 Å². The maximum Gasteiger partial charge on any atom is 0.119 e. The van der Waals surface area contributed by atoms with Crippen LogP contribution in [0.25, 0.3) is 0 Å². The molecule has 2 rings (SSSR count). The van der Waals surface area contributed by atoms with Gasteiger partial charge in [-0.3, -0.25) is 0 Å². The summed E-state index contributed by atoms with van der Waals surface area (Å²) < 4.78 is 5.58. The highest BCUT2D eigenvalue weighted by Crippen LogP contribution is 2.15. The summed E-state index contributed by atoms with van der Waals surface area (Å²) in [6.45, 7) is 3.12. The summed E-state index contributed by atoms with van der Waals surface area (Å²) in [4.78, 5) is 4.58. The van der Waals surface area contributed by atoms with E-state index in [-0.39, 0.29) is 6.61 Å². The molecular weight excluding hydrogens is 278 g/mol. The fourth-order valence-electron chi connectivity index (χ4n) is 2.79. The topological polar surface area (TPSA) is 59.7 Å². The number of piperidine rings is 1. The first-order valence-corrected chi connectivity index (χ1v) is 7.78. The number of aliphatic hydroxyl groups is 1. The Morgan fingerprint density at radius 1 is 1.36 bits per heavy atom. The summed E-state index contributed by atoms with van der Waals surface area (Å²) in [5, 5.41) is 18.9. The van der Waals surface area contributed by atoms with Gasteiger partial charge in [-0.1, -0.05) is 0 Å². The van der Waals surface area contributed by atoms with Crippen molar-refractivity contribution in [1.29, 1.82) is 5.26 Å². The molecule has 1 heterocycles. The van der Waals surface area contributed by atoms with Gasteiger partial charge in [-0.25, -0.2) is 0 Å². The molecule has 1 aliphatic heterocycles. The number of aliphatic hydroxyl groups excluding tert-OH is 1. The third-order valence-corrected chi connectivity index (χ3v) is 4.24. The van der Waals surface area contributed by atoms with Crippen LogP contribution in [0.5, 0.6) is 5.75 Å². The van der Waals surface area contributed by atoms with E-state index in [4.69, 9.17) is 10.00 Å². The molecule has 5 nitrogen and oxygen atoms in total. The Labute approximate surface area is 132 Å². The first-order chi connectivity index (χ1) is 10.6. The lowest BCUT2D eigenvalue weighted by atomic mass is 10.0. The van der Waals surface area contributed by atoms with Crippen LogP contribution in [-0.2, 0) is 0 Å². The van der Waals surface area contributed by atoms with E-state index in [1.54, 1.807) is 24.3 Å². The first-order valence-electron chi connectivity index (χ1n) is 7.78. The van der Waals surface area contributed by atoms with E-state index in [1.807, 2.05) is 0 Å². The van der Waals surface area contributed by atoms with Crippen molar-refractivity contribution in [2.24, 2.45) is 0 Å². The van der Waals surface area contributed by atoms with Gasteiger partial charge in [0.2, 0.25) is 0 Å². The predicted octanol–water partition coefficient (Wildman–Crippen LogP) is 1.32. The van der Waals surface area contributed by atoms with E-state index in [0.717, 1.165) is 25.9 Å². The molecular formula is C17H25N3O2. The average molecular weight is 303 g/mol. The number of nitrogens with zero attached hydrogens (tertiary/aromatic N) is 3. The fourth-order valence-corrected chi connectivity index (χ4v) is 2.79. The van der Waals surface area contributed by atoms with Crippen LogP contribution in [0.4, 0.5) is 0 Å². The Morgan fingerprint density at radius 3 is 2.59 bits per heavy atom. The first kappa shape index (κ1) is 16.8. The Hall–Kier alpha value is -1.61. The van der Waals surface area contributed by atoms with E-state index >= 15 is 0 Å². The number of benzene rings is 1. The number of hydrogen-bond acceptors (Lipinski definition) is 5. The standard InChI is InChI=1S/C17H25N3O2/c1-19-9-7-15(8-10-19)20(2)12-16(21)13-22-17-5-3-14(11-18)4-6-17/h3-6,15-16,21H,7-10,12-13H2,1-2H3. The third-order valence-electron chi connectivity index (χ3n) is 4.24. The molecule has 0 radical (unpaired) electrons. The predicted molar refractivity (Wildman–Crippen MR) is 85.8 cm³/mol. The normalized spacial score (nSPS) is 18.1. The summed E-state index contributed by atoms with van der Waals surface area (Å²) >= 11 is 0. The molecule has 0 spiro atoms. The molecule has 0 amide bonds. The highest BCUT2D eigenvalue weighted by molar-refractivity contribution is 5.34. The average Bonchev–Trinajstić information content (AvgIpc) is 2.54. The molecule has 1 atom stereocenters. The van der Waals surface area contributed by atoms with E-state index < -0.39 is 6.10 Å². The van der Waals surface area contributed by atoms with Crippen LogP contribution >= 0.6 is 0 Å². The summed E-state index contributed by atoms with van der Waals surface area (Å²) in [5.41, 5.74) is 0.606. The van der Waals surface area contributed by atoms with Crippen molar-refractivity contribution in [3.05, 3.63) is 29.8 Å². The van der Waals surface area contributed by atoms with Crippen LogP contribution in [0.1, 0.15) is 18.4 Å². The maximum absolute atomic E-state index is 10.1. The highest BCUT2D eigenvalue weighted by Gasteiger charge is 2.22. The van der Waals surface area contributed by atoms with Gasteiger partial charge >= 0.3 is 0 Å². The Bertz CT molecular complexity index is 490. The molecule has 0 aromatic heterocycles. The number of likely N-dealkylation sites (N-methyl/N-ethyl adjacent to an activating group) is 1. The van der Waals surface area contributed by atoms with Gasteiger partial charge in [-0.05, 0) is 64.3 Å². The van der Waals surface area contributed by atoms with Crippen molar-refractivity contribution in [1.82, 2.24) is 9.80 Å². The van der Waals surface area contributed by atoms with Gasteiger partial charge in [0.1, 0.15) is 18.5 Å². The van der Waals surface area contributed by atoms with Crippen LogP contribution in [0, 0.1) is 11.3 Å². The second-order valence-corrected chi connectivity index (χ2v) is 6.08. The van der Waals surface area contributed by atoms with Gasteiger partial charge in [-0.2, -0.15) is 5.26 Å². The van der Waals surface area contributed by atoms with Gasteiger partial charge in [0.05, 0.1) is 11.6 Å². The molecule has 0 aliphatic carbocycles. The van der Waals surface area contributed by atoms with Crippen molar-refractivity contribution in [3.63, 3.8) is 0 Å². The van der Waals surface area contributed by atoms with Crippen LogP contribution in [0.2, 0.25) is 0 Å². The molecule has 0 bridgehead atoms. The molecule has 1 saturated heterocycles. The zero-order valence-corrected chi connectivity index (χ0v) is 13.4.